The predicted octanol–water partition coefficient (Wildman–Crippen LogP) is 1.85. The van der Waals surface area contributed by atoms with E-state index in [9.17, 15) is 10.1 Å². The van der Waals surface area contributed by atoms with E-state index >= 15 is 0 Å². The van der Waals surface area contributed by atoms with E-state index in [-0.39, 0.29) is 5.69 Å². The molecule has 0 aliphatic heterocycles. The minimum Gasteiger partial charge on any atom is -0.373 e. The van der Waals surface area contributed by atoms with Gasteiger partial charge in [-0.1, -0.05) is 6.92 Å². The second-order valence-corrected chi connectivity index (χ2v) is 3.00. The molecule has 1 heterocycles. The number of nitrogens with one attached hydrogen (secondary N) is 2. The van der Waals surface area contributed by atoms with Gasteiger partial charge in [-0.05, 0) is 12.5 Å². The fourth-order valence-electron chi connectivity index (χ4n) is 1.11. The molecule has 1 aromatic rings. The van der Waals surface area contributed by atoms with Gasteiger partial charge in [-0.15, -0.1) is 0 Å². The summed E-state index contributed by atoms with van der Waals surface area (Å²) in [7, 11) is 1.72. The van der Waals surface area contributed by atoms with Crippen LogP contribution in [-0.2, 0) is 0 Å². The Bertz CT molecular complexity index is 354. The molecule has 0 bridgehead atoms. The zero-order valence-electron chi connectivity index (χ0n) is 8.78. The van der Waals surface area contributed by atoms with Gasteiger partial charge < -0.3 is 10.6 Å². The van der Waals surface area contributed by atoms with Gasteiger partial charge in [-0.25, -0.2) is 4.98 Å². The van der Waals surface area contributed by atoms with Crippen LogP contribution in [0, 0.1) is 10.1 Å². The Balaban J connectivity index is 2.99. The summed E-state index contributed by atoms with van der Waals surface area (Å²) in [5.74, 6) is 0.924. The molecule has 6 heteroatoms. The molecule has 0 atom stereocenters. The molecule has 0 radical (unpaired) electrons. The Kier molecular flexibility index (Phi) is 3.84. The molecule has 0 amide bonds. The van der Waals surface area contributed by atoms with Crippen LogP contribution in [0.3, 0.4) is 0 Å². The third kappa shape index (κ3) is 2.80. The second kappa shape index (κ2) is 5.14. The summed E-state index contributed by atoms with van der Waals surface area (Å²) in [5, 5.41) is 16.5. The van der Waals surface area contributed by atoms with Crippen LogP contribution in [0.2, 0.25) is 0 Å². The number of nitro groups is 1. The lowest BCUT2D eigenvalue weighted by Gasteiger charge is -2.06. The van der Waals surface area contributed by atoms with Crippen molar-refractivity contribution < 1.29 is 4.92 Å². The molecule has 0 aromatic carbocycles. The minimum absolute atomic E-state index is 0.00227. The Labute approximate surface area is 87.9 Å². The van der Waals surface area contributed by atoms with Gasteiger partial charge in [0.05, 0.1) is 4.92 Å². The molecule has 0 aliphatic carbocycles. The highest BCUT2D eigenvalue weighted by Crippen LogP contribution is 2.23. The lowest BCUT2D eigenvalue weighted by atomic mass is 10.3. The van der Waals surface area contributed by atoms with Crippen molar-refractivity contribution in [3.63, 3.8) is 0 Å². The zero-order chi connectivity index (χ0) is 11.3. The maximum Gasteiger partial charge on any atom is 0.311 e. The topological polar surface area (TPSA) is 80.1 Å². The summed E-state index contributed by atoms with van der Waals surface area (Å²) in [6.45, 7) is 2.65. The number of rotatable bonds is 5. The van der Waals surface area contributed by atoms with Gasteiger partial charge in [0.1, 0.15) is 5.82 Å². The lowest BCUT2D eigenvalue weighted by Crippen LogP contribution is -2.06. The molecule has 0 aliphatic rings. The standard InChI is InChI=1S/C9H14N4O2/c1-3-6-11-9-7(13(14)15)4-5-8(10-2)12-9/h4-5H,3,6H2,1-2H3,(H2,10,11,12). The van der Waals surface area contributed by atoms with Crippen LogP contribution in [0.15, 0.2) is 12.1 Å². The first-order chi connectivity index (χ1) is 7.19. The molecule has 82 valence electrons. The number of pyridine rings is 1. The molecule has 0 saturated carbocycles. The van der Waals surface area contributed by atoms with Crippen LogP contribution in [-0.4, -0.2) is 23.5 Å². The van der Waals surface area contributed by atoms with Crippen molar-refractivity contribution in [1.29, 1.82) is 0 Å². The third-order valence-electron chi connectivity index (χ3n) is 1.87. The smallest absolute Gasteiger partial charge is 0.311 e. The molecule has 6 nitrogen and oxygen atoms in total. The Morgan fingerprint density at radius 3 is 2.80 bits per heavy atom. The van der Waals surface area contributed by atoms with Gasteiger partial charge in [0.2, 0.25) is 5.82 Å². The maximum atomic E-state index is 10.7. The summed E-state index contributed by atoms with van der Waals surface area (Å²) >= 11 is 0. The Morgan fingerprint density at radius 1 is 1.53 bits per heavy atom. The van der Waals surface area contributed by atoms with Crippen molar-refractivity contribution in [2.75, 3.05) is 24.2 Å². The molecular formula is C9H14N4O2. The number of hydrogen-bond acceptors (Lipinski definition) is 5. The summed E-state index contributed by atoms with van der Waals surface area (Å²) in [5.41, 5.74) is 0.00227. The third-order valence-corrected chi connectivity index (χ3v) is 1.87. The molecular weight excluding hydrogens is 196 g/mol. The van der Waals surface area contributed by atoms with E-state index in [4.69, 9.17) is 0 Å². The van der Waals surface area contributed by atoms with Gasteiger partial charge >= 0.3 is 5.69 Å². The van der Waals surface area contributed by atoms with Crippen LogP contribution >= 0.6 is 0 Å². The van der Waals surface area contributed by atoms with Gasteiger partial charge in [-0.2, -0.15) is 0 Å². The Morgan fingerprint density at radius 2 is 2.27 bits per heavy atom. The van der Waals surface area contributed by atoms with E-state index in [1.807, 2.05) is 6.92 Å². The van der Waals surface area contributed by atoms with Crippen LogP contribution < -0.4 is 10.6 Å². The molecule has 1 rings (SSSR count). The van der Waals surface area contributed by atoms with Crippen LogP contribution in [0.25, 0.3) is 0 Å². The Hall–Kier alpha value is -1.85. The number of aromatic nitrogens is 1. The molecule has 0 fully saturated rings. The van der Waals surface area contributed by atoms with Crippen molar-refractivity contribution in [2.24, 2.45) is 0 Å². The van der Waals surface area contributed by atoms with Gasteiger partial charge in [0, 0.05) is 19.7 Å². The maximum absolute atomic E-state index is 10.7. The van der Waals surface area contributed by atoms with E-state index in [1.165, 1.54) is 6.07 Å². The predicted molar refractivity (Wildman–Crippen MR) is 59.2 cm³/mol. The first-order valence-corrected chi connectivity index (χ1v) is 4.76. The normalized spacial score (nSPS) is 9.73. The largest absolute Gasteiger partial charge is 0.373 e. The highest BCUT2D eigenvalue weighted by atomic mass is 16.6. The fraction of sp³-hybridized carbons (Fsp3) is 0.444. The van der Waals surface area contributed by atoms with Crippen LogP contribution in [0.5, 0.6) is 0 Å². The molecule has 2 N–H and O–H groups in total. The van der Waals surface area contributed by atoms with Crippen molar-refractivity contribution in [2.45, 2.75) is 13.3 Å². The molecule has 1 aromatic heterocycles. The first kappa shape index (κ1) is 11.2. The highest BCUT2D eigenvalue weighted by molar-refractivity contribution is 5.60. The van der Waals surface area contributed by atoms with Gasteiger partial charge in [-0.3, -0.25) is 10.1 Å². The van der Waals surface area contributed by atoms with Crippen molar-refractivity contribution >= 4 is 17.3 Å². The van der Waals surface area contributed by atoms with E-state index in [0.717, 1.165) is 6.42 Å². The SMILES string of the molecule is CCCNc1nc(NC)ccc1[N+](=O)[O-]. The van der Waals surface area contributed by atoms with Crippen molar-refractivity contribution in [3.05, 3.63) is 22.2 Å². The van der Waals surface area contributed by atoms with E-state index in [2.05, 4.69) is 15.6 Å². The monoisotopic (exact) mass is 210 g/mol. The average molecular weight is 210 g/mol. The van der Waals surface area contributed by atoms with Gasteiger partial charge in [0.15, 0.2) is 0 Å². The number of hydrogen-bond donors (Lipinski definition) is 2. The van der Waals surface area contributed by atoms with E-state index in [1.54, 1.807) is 13.1 Å². The van der Waals surface area contributed by atoms with Crippen molar-refractivity contribution in [3.8, 4) is 0 Å². The zero-order valence-corrected chi connectivity index (χ0v) is 8.78. The van der Waals surface area contributed by atoms with E-state index < -0.39 is 4.92 Å². The molecule has 0 spiro atoms. The number of nitrogens with zero attached hydrogens (tertiary/aromatic N) is 2. The molecule has 0 unspecified atom stereocenters. The summed E-state index contributed by atoms with van der Waals surface area (Å²) in [4.78, 5) is 14.3. The molecule has 0 saturated heterocycles. The van der Waals surface area contributed by atoms with Crippen LogP contribution in [0.1, 0.15) is 13.3 Å². The summed E-state index contributed by atoms with van der Waals surface area (Å²) in [6, 6.07) is 3.02. The van der Waals surface area contributed by atoms with Crippen molar-refractivity contribution in [1.82, 2.24) is 4.98 Å². The van der Waals surface area contributed by atoms with Crippen LogP contribution in [0.4, 0.5) is 17.3 Å². The fourth-order valence-corrected chi connectivity index (χ4v) is 1.11. The second-order valence-electron chi connectivity index (χ2n) is 3.00. The van der Waals surface area contributed by atoms with E-state index in [0.29, 0.717) is 18.2 Å². The first-order valence-electron chi connectivity index (χ1n) is 4.76. The van der Waals surface area contributed by atoms with Gasteiger partial charge in [0.25, 0.3) is 0 Å². The summed E-state index contributed by atoms with van der Waals surface area (Å²) in [6.07, 6.45) is 0.891. The lowest BCUT2D eigenvalue weighted by molar-refractivity contribution is -0.384. The minimum atomic E-state index is -0.440. The quantitative estimate of drug-likeness (QED) is 0.572. The highest BCUT2D eigenvalue weighted by Gasteiger charge is 2.14. The number of anilines is 2. The average Bonchev–Trinajstić information content (AvgIpc) is 2.25. The summed E-state index contributed by atoms with van der Waals surface area (Å²) < 4.78 is 0. The molecule has 15 heavy (non-hydrogen) atoms.